The Morgan fingerprint density at radius 1 is 1.17 bits per heavy atom. The number of nitrogens with one attached hydrogen (secondary N) is 1. The molecule has 0 aliphatic carbocycles. The van der Waals surface area contributed by atoms with Crippen LogP contribution in [0.2, 0.25) is 0 Å². The van der Waals surface area contributed by atoms with E-state index < -0.39 is 35.1 Å². The van der Waals surface area contributed by atoms with E-state index in [1.807, 2.05) is 0 Å². The Kier molecular flexibility index (Phi) is 3.55. The second-order valence-corrected chi connectivity index (χ2v) is 5.92. The molecule has 0 unspecified atom stereocenters. The van der Waals surface area contributed by atoms with Gasteiger partial charge in [-0.2, -0.15) is 13.2 Å². The third-order valence-electron chi connectivity index (χ3n) is 3.99. The Morgan fingerprint density at radius 2 is 1.83 bits per heavy atom. The Bertz CT molecular complexity index is 845. The normalized spacial score (nSPS) is 20.2. The maximum absolute atomic E-state index is 13.8. The fourth-order valence-corrected chi connectivity index (χ4v) is 2.73. The van der Waals surface area contributed by atoms with Gasteiger partial charge in [-0.15, -0.1) is 0 Å². The number of fused-ring (bicyclic) bond motifs is 3. The topological polar surface area (TPSA) is 55.4 Å². The lowest BCUT2D eigenvalue weighted by Crippen LogP contribution is -2.51. The molecular formula is C17H14F3NO3. The first-order chi connectivity index (χ1) is 11.2. The Morgan fingerprint density at radius 3 is 2.46 bits per heavy atom. The van der Waals surface area contributed by atoms with Crippen molar-refractivity contribution in [3.05, 3.63) is 42.0 Å². The number of benzene rings is 2. The van der Waals surface area contributed by atoms with Gasteiger partial charge in [0.1, 0.15) is 0 Å². The van der Waals surface area contributed by atoms with Gasteiger partial charge in [-0.3, -0.25) is 9.59 Å². The van der Waals surface area contributed by atoms with Crippen LogP contribution >= 0.6 is 0 Å². The quantitative estimate of drug-likeness (QED) is 0.849. The summed E-state index contributed by atoms with van der Waals surface area (Å²) in [6.07, 6.45) is -5.09. The number of carbonyl (C=O) groups is 2. The van der Waals surface area contributed by atoms with Gasteiger partial charge in [0.15, 0.2) is 0 Å². The molecular weight excluding hydrogens is 323 g/mol. The number of hydrogen-bond acceptors (Lipinski definition) is 3. The molecule has 0 saturated heterocycles. The van der Waals surface area contributed by atoms with Crippen LogP contribution in [0.5, 0.6) is 0 Å². The molecule has 1 heterocycles. The van der Waals surface area contributed by atoms with Crippen LogP contribution in [0.25, 0.3) is 10.8 Å². The predicted octanol–water partition coefficient (Wildman–Crippen LogP) is 3.75. The van der Waals surface area contributed by atoms with Crippen molar-refractivity contribution in [3.63, 3.8) is 0 Å². The molecule has 2 aromatic rings. The van der Waals surface area contributed by atoms with Crippen molar-refractivity contribution in [3.8, 4) is 0 Å². The molecule has 0 saturated carbocycles. The molecule has 1 aliphatic heterocycles. The Balaban J connectivity index is 2.27. The summed E-state index contributed by atoms with van der Waals surface area (Å²) in [6, 6.07) is 9.36. The van der Waals surface area contributed by atoms with E-state index >= 15 is 0 Å². The predicted molar refractivity (Wildman–Crippen MR) is 81.2 cm³/mol. The summed E-state index contributed by atoms with van der Waals surface area (Å²) in [5, 5.41) is 3.37. The first-order valence-electron chi connectivity index (χ1n) is 7.31. The van der Waals surface area contributed by atoms with Gasteiger partial charge in [0, 0.05) is 10.9 Å². The molecule has 1 aliphatic rings. The van der Waals surface area contributed by atoms with Crippen LogP contribution in [-0.2, 0) is 19.9 Å². The van der Waals surface area contributed by atoms with Crippen LogP contribution in [0, 0.1) is 5.92 Å². The van der Waals surface area contributed by atoms with Crippen LogP contribution < -0.4 is 5.32 Å². The zero-order chi connectivity index (χ0) is 17.7. The van der Waals surface area contributed by atoms with E-state index in [0.29, 0.717) is 10.8 Å². The van der Waals surface area contributed by atoms with Gasteiger partial charge in [0.25, 0.3) is 5.91 Å². The van der Waals surface area contributed by atoms with Crippen LogP contribution in [0.4, 0.5) is 18.9 Å². The molecule has 1 amide bonds. The third-order valence-corrected chi connectivity index (χ3v) is 3.99. The van der Waals surface area contributed by atoms with Crippen molar-refractivity contribution in [1.29, 1.82) is 0 Å². The van der Waals surface area contributed by atoms with Crippen LogP contribution in [-0.4, -0.2) is 18.1 Å². The van der Waals surface area contributed by atoms with Gasteiger partial charge in [-0.1, -0.05) is 50.2 Å². The maximum atomic E-state index is 13.8. The average molecular weight is 337 g/mol. The van der Waals surface area contributed by atoms with Crippen molar-refractivity contribution < 1.29 is 27.5 Å². The molecule has 0 aromatic heterocycles. The average Bonchev–Trinajstić information content (AvgIpc) is 2.80. The highest BCUT2D eigenvalue weighted by molar-refractivity contribution is 6.14. The van der Waals surface area contributed by atoms with Gasteiger partial charge in [-0.05, 0) is 5.39 Å². The lowest BCUT2D eigenvalue weighted by molar-refractivity contribution is -0.264. The first-order valence-corrected chi connectivity index (χ1v) is 7.31. The molecule has 0 fully saturated rings. The van der Waals surface area contributed by atoms with Gasteiger partial charge < -0.3 is 10.1 Å². The number of hydrogen-bond donors (Lipinski definition) is 1. The number of anilines is 1. The van der Waals surface area contributed by atoms with E-state index in [1.165, 1.54) is 26.0 Å². The minimum atomic E-state index is -5.09. The highest BCUT2D eigenvalue weighted by atomic mass is 19.4. The number of alkyl halides is 3. The number of halogens is 3. The number of esters is 1. The monoisotopic (exact) mass is 337 g/mol. The second-order valence-electron chi connectivity index (χ2n) is 5.92. The molecule has 2 aromatic carbocycles. The van der Waals surface area contributed by atoms with E-state index in [9.17, 15) is 22.8 Å². The Hall–Kier alpha value is -2.57. The number of rotatable bonds is 2. The molecule has 24 heavy (non-hydrogen) atoms. The fraction of sp³-hybridized carbons (Fsp3) is 0.294. The van der Waals surface area contributed by atoms with E-state index in [2.05, 4.69) is 5.32 Å². The minimum absolute atomic E-state index is 0.0204. The van der Waals surface area contributed by atoms with Gasteiger partial charge >= 0.3 is 17.7 Å². The smallest absolute Gasteiger partial charge is 0.434 e. The SMILES string of the molecule is CC(C)C(=O)O[C@@]1(C(F)(F)F)C(=O)Nc2c1ccc1ccccc21. The summed E-state index contributed by atoms with van der Waals surface area (Å²) in [4.78, 5) is 24.2. The fourth-order valence-electron chi connectivity index (χ4n) is 2.73. The second kappa shape index (κ2) is 5.22. The molecule has 126 valence electrons. The van der Waals surface area contributed by atoms with Crippen LogP contribution in [0.15, 0.2) is 36.4 Å². The van der Waals surface area contributed by atoms with Gasteiger partial charge in [0.05, 0.1) is 11.6 Å². The highest BCUT2D eigenvalue weighted by Gasteiger charge is 2.69. The number of carbonyl (C=O) groups excluding carboxylic acids is 2. The molecule has 0 spiro atoms. The molecule has 1 atom stereocenters. The van der Waals surface area contributed by atoms with E-state index in [0.717, 1.165) is 0 Å². The Labute approximate surface area is 135 Å². The van der Waals surface area contributed by atoms with Crippen molar-refractivity contribution in [2.45, 2.75) is 25.6 Å². The largest absolute Gasteiger partial charge is 0.442 e. The lowest BCUT2D eigenvalue weighted by Gasteiger charge is -2.30. The first kappa shape index (κ1) is 16.3. The number of amides is 1. The number of ether oxygens (including phenoxy) is 1. The van der Waals surface area contributed by atoms with Crippen molar-refractivity contribution >= 4 is 28.3 Å². The summed E-state index contributed by atoms with van der Waals surface area (Å²) in [5.74, 6) is -3.31. The molecule has 0 radical (unpaired) electrons. The molecule has 0 bridgehead atoms. The van der Waals surface area contributed by atoms with Gasteiger partial charge in [-0.25, -0.2) is 0 Å². The third kappa shape index (κ3) is 2.15. The summed E-state index contributed by atoms with van der Waals surface area (Å²) < 4.78 is 46.2. The summed E-state index contributed by atoms with van der Waals surface area (Å²) in [7, 11) is 0. The standard InChI is InChI=1S/C17H14F3NO3/c1-9(2)14(22)24-16(17(18,19)20)12-8-7-10-5-3-4-6-11(10)13(12)21-15(16)23/h3-9H,1-2H3,(H,21,23)/t16-/m1/s1. The van der Waals surface area contributed by atoms with Crippen molar-refractivity contribution in [1.82, 2.24) is 0 Å². The van der Waals surface area contributed by atoms with E-state index in [4.69, 9.17) is 4.74 Å². The summed E-state index contributed by atoms with van der Waals surface area (Å²) in [6.45, 7) is 2.81. The van der Waals surface area contributed by atoms with Crippen LogP contribution in [0.3, 0.4) is 0 Å². The zero-order valence-electron chi connectivity index (χ0n) is 12.9. The minimum Gasteiger partial charge on any atom is -0.434 e. The summed E-state index contributed by atoms with van der Waals surface area (Å²) in [5.41, 5.74) is -3.70. The zero-order valence-corrected chi connectivity index (χ0v) is 12.9. The van der Waals surface area contributed by atoms with E-state index in [1.54, 1.807) is 24.3 Å². The molecule has 7 heteroatoms. The highest BCUT2D eigenvalue weighted by Crippen LogP contribution is 2.51. The van der Waals surface area contributed by atoms with Crippen LogP contribution in [0.1, 0.15) is 19.4 Å². The van der Waals surface area contributed by atoms with E-state index in [-0.39, 0.29) is 5.69 Å². The maximum Gasteiger partial charge on any atom is 0.442 e. The van der Waals surface area contributed by atoms with Gasteiger partial charge in [0.2, 0.25) is 0 Å². The molecule has 1 N–H and O–H groups in total. The lowest BCUT2D eigenvalue weighted by atomic mass is 9.92. The van der Waals surface area contributed by atoms with Crippen molar-refractivity contribution in [2.24, 2.45) is 5.92 Å². The molecule has 4 nitrogen and oxygen atoms in total. The molecule has 3 rings (SSSR count). The van der Waals surface area contributed by atoms with Crippen molar-refractivity contribution in [2.75, 3.05) is 5.32 Å². The summed E-state index contributed by atoms with van der Waals surface area (Å²) >= 11 is 0.